The smallest absolute Gasteiger partial charge is 0.404 e. The van der Waals surface area contributed by atoms with Crippen molar-refractivity contribution in [1.82, 2.24) is 20.4 Å². The summed E-state index contributed by atoms with van der Waals surface area (Å²) >= 11 is 0. The maximum absolute atomic E-state index is 12.8. The second-order valence-corrected chi connectivity index (χ2v) is 8.16. The summed E-state index contributed by atoms with van der Waals surface area (Å²) in [4.78, 5) is 50.8. The molecule has 2 saturated heterocycles. The van der Waals surface area contributed by atoms with Crippen molar-refractivity contribution >= 4 is 23.8 Å². The van der Waals surface area contributed by atoms with Crippen molar-refractivity contribution < 1.29 is 24.3 Å². The van der Waals surface area contributed by atoms with Gasteiger partial charge in [0.05, 0.1) is 0 Å². The lowest BCUT2D eigenvalue weighted by Crippen LogP contribution is -2.52. The van der Waals surface area contributed by atoms with E-state index in [-0.39, 0.29) is 18.2 Å². The monoisotopic (exact) mass is 414 g/mol. The van der Waals surface area contributed by atoms with Crippen LogP contribution in [0, 0.1) is 0 Å². The molecule has 0 saturated carbocycles. The number of hydrogen-bond donors (Lipinski definition) is 3. The van der Waals surface area contributed by atoms with Crippen molar-refractivity contribution in [3.63, 3.8) is 0 Å². The second kappa shape index (κ2) is 8.43. The third-order valence-corrected chi connectivity index (χ3v) is 6.31. The molecule has 4 amide bonds. The molecule has 3 heterocycles. The number of rotatable bonds is 5. The fourth-order valence-corrected chi connectivity index (χ4v) is 4.66. The van der Waals surface area contributed by atoms with E-state index in [2.05, 4.69) is 21.6 Å². The Morgan fingerprint density at radius 1 is 1.17 bits per heavy atom. The predicted molar refractivity (Wildman–Crippen MR) is 107 cm³/mol. The summed E-state index contributed by atoms with van der Waals surface area (Å²) in [5, 5.41) is 13.4. The van der Waals surface area contributed by atoms with Crippen molar-refractivity contribution in [2.75, 3.05) is 26.2 Å². The van der Waals surface area contributed by atoms with Gasteiger partial charge >= 0.3 is 6.09 Å². The maximum atomic E-state index is 12.8. The van der Waals surface area contributed by atoms with E-state index in [1.54, 1.807) is 4.90 Å². The Balaban J connectivity index is 1.37. The number of carboxylic acid groups (broad SMARTS) is 1. The number of imide groups is 1. The Morgan fingerprint density at radius 3 is 2.63 bits per heavy atom. The minimum absolute atomic E-state index is 0.146. The molecule has 9 heteroatoms. The van der Waals surface area contributed by atoms with Crippen LogP contribution in [0.5, 0.6) is 0 Å². The number of fused-ring (bicyclic) bond motifs is 1. The SMILES string of the molecule is O=C(O)NCCN1CCC(c2ccc3c(c2)CN(C2CCC(=O)NC2=O)C3=O)CC1. The number of amides is 4. The molecule has 0 bridgehead atoms. The molecule has 0 radical (unpaired) electrons. The first kappa shape index (κ1) is 20.3. The number of benzene rings is 1. The molecule has 3 aliphatic heterocycles. The average Bonchev–Trinajstić information content (AvgIpc) is 3.04. The van der Waals surface area contributed by atoms with Crippen molar-refractivity contribution in [2.24, 2.45) is 0 Å². The summed E-state index contributed by atoms with van der Waals surface area (Å²) in [5.41, 5.74) is 2.78. The van der Waals surface area contributed by atoms with Crippen LogP contribution in [-0.2, 0) is 16.1 Å². The molecule has 2 fully saturated rings. The Labute approximate surface area is 174 Å². The molecule has 1 atom stereocenters. The first-order chi connectivity index (χ1) is 14.4. The van der Waals surface area contributed by atoms with Crippen LogP contribution < -0.4 is 10.6 Å². The summed E-state index contributed by atoms with van der Waals surface area (Å²) in [7, 11) is 0. The van der Waals surface area contributed by atoms with Gasteiger partial charge in [0.15, 0.2) is 0 Å². The molecule has 0 spiro atoms. The van der Waals surface area contributed by atoms with Gasteiger partial charge in [-0.3, -0.25) is 19.7 Å². The van der Waals surface area contributed by atoms with Gasteiger partial charge < -0.3 is 20.2 Å². The van der Waals surface area contributed by atoms with E-state index in [1.807, 2.05) is 12.1 Å². The van der Waals surface area contributed by atoms with Crippen LogP contribution in [0.4, 0.5) is 4.79 Å². The number of carbonyl (C=O) groups excluding carboxylic acids is 3. The zero-order valence-corrected chi connectivity index (χ0v) is 16.7. The second-order valence-electron chi connectivity index (χ2n) is 8.16. The third-order valence-electron chi connectivity index (χ3n) is 6.31. The zero-order valence-electron chi connectivity index (χ0n) is 16.7. The van der Waals surface area contributed by atoms with Gasteiger partial charge in [0.2, 0.25) is 11.8 Å². The van der Waals surface area contributed by atoms with Gasteiger partial charge in [0.25, 0.3) is 5.91 Å². The van der Waals surface area contributed by atoms with Crippen LogP contribution in [-0.4, -0.2) is 70.9 Å². The molecule has 3 N–H and O–H groups in total. The minimum atomic E-state index is -0.996. The summed E-state index contributed by atoms with van der Waals surface area (Å²) in [6.45, 7) is 3.35. The van der Waals surface area contributed by atoms with Crippen LogP contribution in [0.1, 0.15) is 53.1 Å². The molecule has 4 rings (SSSR count). The molecular weight excluding hydrogens is 388 g/mol. The first-order valence-electron chi connectivity index (χ1n) is 10.4. The number of piperidine rings is 2. The lowest BCUT2D eigenvalue weighted by atomic mass is 9.88. The van der Waals surface area contributed by atoms with E-state index in [0.717, 1.165) is 31.5 Å². The Hall–Kier alpha value is -2.94. The van der Waals surface area contributed by atoms with E-state index >= 15 is 0 Å². The molecule has 0 aromatic heterocycles. The molecule has 9 nitrogen and oxygen atoms in total. The Bertz CT molecular complexity index is 878. The number of hydrogen-bond acceptors (Lipinski definition) is 5. The molecule has 0 aliphatic carbocycles. The summed E-state index contributed by atoms with van der Waals surface area (Å²) < 4.78 is 0. The number of nitrogens with one attached hydrogen (secondary N) is 2. The standard InChI is InChI=1S/C21H26N4O5/c26-18-4-3-17(19(27)23-18)25-12-15-11-14(1-2-16(15)20(25)28)13-5-8-24(9-6-13)10-7-22-21(29)30/h1-2,11,13,17,22H,3-10,12H2,(H,29,30)(H,23,26,27). The average molecular weight is 414 g/mol. The number of nitrogens with zero attached hydrogens (tertiary/aromatic N) is 2. The van der Waals surface area contributed by atoms with E-state index in [4.69, 9.17) is 5.11 Å². The summed E-state index contributed by atoms with van der Waals surface area (Å²) in [6, 6.07) is 5.37. The van der Waals surface area contributed by atoms with E-state index in [9.17, 15) is 19.2 Å². The summed E-state index contributed by atoms with van der Waals surface area (Å²) in [5.74, 6) is -0.421. The Morgan fingerprint density at radius 2 is 1.93 bits per heavy atom. The van der Waals surface area contributed by atoms with Gasteiger partial charge in [-0.1, -0.05) is 12.1 Å². The predicted octanol–water partition coefficient (Wildman–Crippen LogP) is 0.895. The Kier molecular flexibility index (Phi) is 5.72. The van der Waals surface area contributed by atoms with Crippen LogP contribution in [0.15, 0.2) is 18.2 Å². The largest absolute Gasteiger partial charge is 0.465 e. The maximum Gasteiger partial charge on any atom is 0.404 e. The van der Waals surface area contributed by atoms with Crippen molar-refractivity contribution in [3.05, 3.63) is 34.9 Å². The lowest BCUT2D eigenvalue weighted by molar-refractivity contribution is -0.136. The zero-order chi connectivity index (χ0) is 21.3. The van der Waals surface area contributed by atoms with Crippen LogP contribution >= 0.6 is 0 Å². The topological polar surface area (TPSA) is 119 Å². The fourth-order valence-electron chi connectivity index (χ4n) is 4.66. The van der Waals surface area contributed by atoms with Gasteiger partial charge in [-0.2, -0.15) is 0 Å². The molecule has 1 unspecified atom stereocenters. The van der Waals surface area contributed by atoms with Gasteiger partial charge in [0.1, 0.15) is 6.04 Å². The summed E-state index contributed by atoms with van der Waals surface area (Å²) in [6.07, 6.45) is 1.59. The van der Waals surface area contributed by atoms with Crippen molar-refractivity contribution in [2.45, 2.75) is 44.2 Å². The normalized spacial score (nSPS) is 22.7. The number of carbonyl (C=O) groups is 4. The lowest BCUT2D eigenvalue weighted by Gasteiger charge is -2.32. The first-order valence-corrected chi connectivity index (χ1v) is 10.4. The van der Waals surface area contributed by atoms with Crippen LogP contribution in [0.3, 0.4) is 0 Å². The van der Waals surface area contributed by atoms with Gasteiger partial charge in [-0.05, 0) is 55.5 Å². The highest BCUT2D eigenvalue weighted by Crippen LogP contribution is 2.33. The fraction of sp³-hybridized carbons (Fsp3) is 0.524. The van der Waals surface area contributed by atoms with Gasteiger partial charge in [-0.25, -0.2) is 4.79 Å². The highest BCUT2D eigenvalue weighted by atomic mass is 16.4. The molecule has 1 aromatic carbocycles. The van der Waals surface area contributed by atoms with Gasteiger partial charge in [-0.15, -0.1) is 0 Å². The molecule has 3 aliphatic rings. The van der Waals surface area contributed by atoms with Crippen LogP contribution in [0.2, 0.25) is 0 Å². The van der Waals surface area contributed by atoms with Gasteiger partial charge in [0, 0.05) is 31.6 Å². The molecule has 160 valence electrons. The molecule has 1 aromatic rings. The van der Waals surface area contributed by atoms with E-state index in [1.165, 1.54) is 5.56 Å². The quantitative estimate of drug-likeness (QED) is 0.616. The van der Waals surface area contributed by atoms with E-state index < -0.39 is 18.0 Å². The molecule has 30 heavy (non-hydrogen) atoms. The third kappa shape index (κ3) is 4.16. The van der Waals surface area contributed by atoms with Crippen molar-refractivity contribution in [1.29, 1.82) is 0 Å². The highest BCUT2D eigenvalue weighted by Gasteiger charge is 2.39. The number of likely N-dealkylation sites (tertiary alicyclic amines) is 1. The molecular formula is C21H26N4O5. The minimum Gasteiger partial charge on any atom is -0.465 e. The highest BCUT2D eigenvalue weighted by molar-refractivity contribution is 6.05. The van der Waals surface area contributed by atoms with Crippen molar-refractivity contribution in [3.8, 4) is 0 Å². The van der Waals surface area contributed by atoms with E-state index in [0.29, 0.717) is 37.5 Å². The van der Waals surface area contributed by atoms with Crippen LogP contribution in [0.25, 0.3) is 0 Å².